The van der Waals surface area contributed by atoms with E-state index >= 15 is 0 Å². The van der Waals surface area contributed by atoms with E-state index in [1.165, 1.54) is 4.68 Å². The fraction of sp³-hybridized carbons (Fsp3) is 0.667. The molecule has 0 aliphatic carbocycles. The summed E-state index contributed by atoms with van der Waals surface area (Å²) in [7, 11) is 0. The lowest BCUT2D eigenvalue weighted by atomic mass is 9.90. The number of carbonyl (C=O) groups is 2. The molecule has 7 nitrogen and oxygen atoms in total. The Morgan fingerprint density at radius 2 is 1.95 bits per heavy atom. The molecule has 1 rings (SSSR count). The minimum Gasteiger partial charge on any atom is -0.476 e. The van der Waals surface area contributed by atoms with Gasteiger partial charge in [0.25, 0.3) is 0 Å². The predicted octanol–water partition coefficient (Wildman–Crippen LogP) is 0.798. The number of rotatable bonds is 4. The normalized spacial score (nSPS) is 11.7. The smallest absolute Gasteiger partial charge is 0.358 e. The Morgan fingerprint density at radius 3 is 2.37 bits per heavy atom. The van der Waals surface area contributed by atoms with E-state index in [0.29, 0.717) is 5.69 Å². The summed E-state index contributed by atoms with van der Waals surface area (Å²) in [4.78, 5) is 22.9. The monoisotopic (exact) mass is 268 g/mol. The first kappa shape index (κ1) is 15.1. The van der Waals surface area contributed by atoms with Crippen LogP contribution in [0.2, 0.25) is 0 Å². The molecule has 1 aromatic heterocycles. The van der Waals surface area contributed by atoms with Crippen molar-refractivity contribution in [3.8, 4) is 0 Å². The third-order valence-corrected chi connectivity index (χ3v) is 2.39. The second-order valence-electron chi connectivity index (χ2n) is 5.72. The lowest BCUT2D eigenvalue weighted by Crippen LogP contribution is -2.35. The number of hydrogen-bond acceptors (Lipinski definition) is 4. The molecule has 0 unspecified atom stereocenters. The van der Waals surface area contributed by atoms with Gasteiger partial charge in [-0.15, -0.1) is 5.10 Å². The Balaban J connectivity index is 3.09. The Kier molecular flexibility index (Phi) is 4.28. The quantitative estimate of drug-likeness (QED) is 0.841. The molecule has 1 aromatic rings. The molecule has 19 heavy (non-hydrogen) atoms. The van der Waals surface area contributed by atoms with Crippen LogP contribution < -0.4 is 5.32 Å². The molecule has 1 heterocycles. The highest BCUT2D eigenvalue weighted by molar-refractivity contribution is 5.87. The largest absolute Gasteiger partial charge is 0.476 e. The molecule has 7 heteroatoms. The molecule has 106 valence electrons. The Bertz CT molecular complexity index is 486. The summed E-state index contributed by atoms with van der Waals surface area (Å²) in [6.07, 6.45) is 0. The van der Waals surface area contributed by atoms with Gasteiger partial charge in [-0.05, 0) is 13.8 Å². The zero-order valence-electron chi connectivity index (χ0n) is 11.9. The molecule has 0 saturated carbocycles. The summed E-state index contributed by atoms with van der Waals surface area (Å²) in [6.45, 7) is 9.24. The van der Waals surface area contributed by atoms with Crippen LogP contribution in [0.1, 0.15) is 50.8 Å². The number of carboxylic acids is 1. The highest BCUT2D eigenvalue weighted by Crippen LogP contribution is 2.24. The van der Waals surface area contributed by atoms with Crippen molar-refractivity contribution in [2.24, 2.45) is 0 Å². The van der Waals surface area contributed by atoms with Gasteiger partial charge in [0.05, 0.1) is 5.69 Å². The molecule has 0 saturated heterocycles. The second-order valence-corrected chi connectivity index (χ2v) is 5.72. The van der Waals surface area contributed by atoms with E-state index in [1.807, 2.05) is 34.6 Å². The number of aromatic carboxylic acids is 1. The average molecular weight is 268 g/mol. The van der Waals surface area contributed by atoms with Crippen LogP contribution in [0, 0.1) is 0 Å². The lowest BCUT2D eigenvalue weighted by molar-refractivity contribution is -0.122. The molecule has 0 atom stereocenters. The van der Waals surface area contributed by atoms with Crippen LogP contribution in [0.3, 0.4) is 0 Å². The molecule has 0 spiro atoms. The van der Waals surface area contributed by atoms with E-state index < -0.39 is 11.4 Å². The van der Waals surface area contributed by atoms with Crippen LogP contribution >= 0.6 is 0 Å². The highest BCUT2D eigenvalue weighted by Gasteiger charge is 2.29. The number of nitrogens with zero attached hydrogens (tertiary/aromatic N) is 3. The van der Waals surface area contributed by atoms with Crippen LogP contribution in [0.4, 0.5) is 0 Å². The van der Waals surface area contributed by atoms with E-state index in [1.54, 1.807) is 0 Å². The summed E-state index contributed by atoms with van der Waals surface area (Å²) >= 11 is 0. The molecule has 0 aromatic carbocycles. The summed E-state index contributed by atoms with van der Waals surface area (Å²) in [6, 6.07) is 0.0213. The van der Waals surface area contributed by atoms with Gasteiger partial charge in [-0.1, -0.05) is 26.0 Å². The number of amides is 1. The van der Waals surface area contributed by atoms with Gasteiger partial charge in [0, 0.05) is 11.5 Å². The zero-order chi connectivity index (χ0) is 14.8. The molecule has 1 amide bonds. The maximum atomic E-state index is 11.7. The number of nitrogens with one attached hydrogen (secondary N) is 1. The fourth-order valence-electron chi connectivity index (χ4n) is 1.81. The Labute approximate surface area is 112 Å². The maximum absolute atomic E-state index is 11.7. The third kappa shape index (κ3) is 3.77. The third-order valence-electron chi connectivity index (χ3n) is 2.39. The first-order valence-corrected chi connectivity index (χ1v) is 6.09. The van der Waals surface area contributed by atoms with E-state index in [-0.39, 0.29) is 24.2 Å². The molecule has 0 aliphatic heterocycles. The van der Waals surface area contributed by atoms with Crippen molar-refractivity contribution in [3.05, 3.63) is 11.4 Å². The van der Waals surface area contributed by atoms with E-state index in [4.69, 9.17) is 5.11 Å². The van der Waals surface area contributed by atoms with Gasteiger partial charge in [-0.3, -0.25) is 4.79 Å². The second kappa shape index (κ2) is 5.38. The summed E-state index contributed by atoms with van der Waals surface area (Å²) in [5.41, 5.74) is -0.126. The van der Waals surface area contributed by atoms with Crippen molar-refractivity contribution in [1.82, 2.24) is 20.3 Å². The summed E-state index contributed by atoms with van der Waals surface area (Å²) in [5, 5.41) is 19.3. The molecule has 0 radical (unpaired) electrons. The Morgan fingerprint density at radius 1 is 1.37 bits per heavy atom. The number of aromatic nitrogens is 3. The molecular weight excluding hydrogens is 248 g/mol. The molecule has 0 fully saturated rings. The fourth-order valence-corrected chi connectivity index (χ4v) is 1.81. The molecule has 2 N–H and O–H groups in total. The van der Waals surface area contributed by atoms with Gasteiger partial charge in [0.1, 0.15) is 6.54 Å². The number of carboxylic acid groups (broad SMARTS) is 1. The van der Waals surface area contributed by atoms with Gasteiger partial charge >= 0.3 is 5.97 Å². The minimum absolute atomic E-state index is 0.0213. The van der Waals surface area contributed by atoms with Crippen molar-refractivity contribution in [2.45, 2.75) is 52.6 Å². The van der Waals surface area contributed by atoms with Crippen LogP contribution in [0.5, 0.6) is 0 Å². The lowest BCUT2D eigenvalue weighted by Gasteiger charge is -2.20. The standard InChI is InChI=1S/C12H20N4O3/c1-7(2)13-8(17)6-16-10(12(3,4)5)9(11(18)19)14-15-16/h7H,6H2,1-5H3,(H,13,17)(H,18,19). The molecule has 0 bridgehead atoms. The zero-order valence-corrected chi connectivity index (χ0v) is 11.9. The van der Waals surface area contributed by atoms with Crippen molar-refractivity contribution >= 4 is 11.9 Å². The molecule has 0 aliphatic rings. The first-order valence-electron chi connectivity index (χ1n) is 6.09. The van der Waals surface area contributed by atoms with Crippen molar-refractivity contribution in [3.63, 3.8) is 0 Å². The van der Waals surface area contributed by atoms with Crippen LogP contribution in [0.15, 0.2) is 0 Å². The number of hydrogen-bond donors (Lipinski definition) is 2. The Hall–Kier alpha value is -1.92. The van der Waals surface area contributed by atoms with E-state index in [9.17, 15) is 9.59 Å². The van der Waals surface area contributed by atoms with Gasteiger partial charge in [-0.25, -0.2) is 9.48 Å². The SMILES string of the molecule is CC(C)NC(=O)Cn1nnc(C(=O)O)c1C(C)(C)C. The van der Waals surface area contributed by atoms with Crippen LogP contribution in [-0.2, 0) is 16.8 Å². The number of carbonyl (C=O) groups excluding carboxylic acids is 1. The van der Waals surface area contributed by atoms with Crippen molar-refractivity contribution in [2.75, 3.05) is 0 Å². The molecular formula is C12H20N4O3. The van der Waals surface area contributed by atoms with Gasteiger partial charge in [-0.2, -0.15) is 0 Å². The van der Waals surface area contributed by atoms with E-state index in [2.05, 4.69) is 15.6 Å². The predicted molar refractivity (Wildman–Crippen MR) is 69.0 cm³/mol. The minimum atomic E-state index is -1.14. The topological polar surface area (TPSA) is 97.1 Å². The highest BCUT2D eigenvalue weighted by atomic mass is 16.4. The first-order chi connectivity index (χ1) is 8.62. The maximum Gasteiger partial charge on any atom is 0.358 e. The van der Waals surface area contributed by atoms with Crippen molar-refractivity contribution in [1.29, 1.82) is 0 Å². The van der Waals surface area contributed by atoms with Gasteiger partial charge < -0.3 is 10.4 Å². The van der Waals surface area contributed by atoms with Gasteiger partial charge in [0.2, 0.25) is 5.91 Å². The average Bonchev–Trinajstić information content (AvgIpc) is 2.58. The van der Waals surface area contributed by atoms with Crippen molar-refractivity contribution < 1.29 is 14.7 Å². The van der Waals surface area contributed by atoms with Crippen LogP contribution in [0.25, 0.3) is 0 Å². The summed E-state index contributed by atoms with van der Waals surface area (Å²) in [5.74, 6) is -1.36. The summed E-state index contributed by atoms with van der Waals surface area (Å²) < 4.78 is 1.35. The van der Waals surface area contributed by atoms with Gasteiger partial charge in [0.15, 0.2) is 5.69 Å². The van der Waals surface area contributed by atoms with E-state index in [0.717, 1.165) is 0 Å². The van der Waals surface area contributed by atoms with Crippen LogP contribution in [-0.4, -0.2) is 38.0 Å².